The van der Waals surface area contributed by atoms with Crippen molar-refractivity contribution >= 4 is 33.4 Å². The van der Waals surface area contributed by atoms with Gasteiger partial charge in [0.15, 0.2) is 0 Å². The number of hydrogen-bond acceptors (Lipinski definition) is 2. The molecule has 2 aromatic carbocycles. The molecule has 1 fully saturated rings. The van der Waals surface area contributed by atoms with Gasteiger partial charge in [0.2, 0.25) is 5.91 Å². The third kappa shape index (κ3) is 4.41. The molecule has 0 aromatic heterocycles. The SMILES string of the molecule is O=C(NCc1cccc(NC(=O)C2CC2)c1)c1cc(F)cc(Br)c1. The summed E-state index contributed by atoms with van der Waals surface area (Å²) in [6.45, 7) is 0.292. The summed E-state index contributed by atoms with van der Waals surface area (Å²) >= 11 is 3.17. The highest BCUT2D eigenvalue weighted by Gasteiger charge is 2.29. The third-order valence-corrected chi connectivity index (χ3v) is 4.18. The number of benzene rings is 2. The van der Waals surface area contributed by atoms with Crippen LogP contribution in [0.2, 0.25) is 0 Å². The van der Waals surface area contributed by atoms with Gasteiger partial charge in [-0.2, -0.15) is 0 Å². The summed E-state index contributed by atoms with van der Waals surface area (Å²) in [5.41, 5.74) is 1.82. The summed E-state index contributed by atoms with van der Waals surface area (Å²) in [6.07, 6.45) is 1.90. The molecular weight excluding hydrogens is 375 g/mol. The van der Waals surface area contributed by atoms with E-state index in [0.717, 1.165) is 18.4 Å². The minimum Gasteiger partial charge on any atom is -0.348 e. The first kappa shape index (κ1) is 16.6. The van der Waals surface area contributed by atoms with Crippen LogP contribution >= 0.6 is 15.9 Å². The summed E-state index contributed by atoms with van der Waals surface area (Å²) < 4.78 is 13.9. The van der Waals surface area contributed by atoms with E-state index in [0.29, 0.717) is 16.7 Å². The molecule has 1 aliphatic carbocycles. The fraction of sp³-hybridized carbons (Fsp3) is 0.222. The van der Waals surface area contributed by atoms with Crippen LogP contribution in [0.5, 0.6) is 0 Å². The van der Waals surface area contributed by atoms with E-state index in [-0.39, 0.29) is 23.3 Å². The van der Waals surface area contributed by atoms with Gasteiger partial charge in [-0.05, 0) is 48.7 Å². The lowest BCUT2D eigenvalue weighted by atomic mass is 10.1. The van der Waals surface area contributed by atoms with Gasteiger partial charge in [0.05, 0.1) is 0 Å². The summed E-state index contributed by atoms with van der Waals surface area (Å²) in [5.74, 6) is -0.650. The lowest BCUT2D eigenvalue weighted by Gasteiger charge is -2.09. The second kappa shape index (κ2) is 7.13. The maximum atomic E-state index is 13.3. The van der Waals surface area contributed by atoms with Crippen LogP contribution in [0.4, 0.5) is 10.1 Å². The van der Waals surface area contributed by atoms with Crippen molar-refractivity contribution in [2.45, 2.75) is 19.4 Å². The number of rotatable bonds is 5. The van der Waals surface area contributed by atoms with E-state index in [1.54, 1.807) is 6.07 Å². The fourth-order valence-electron chi connectivity index (χ4n) is 2.32. The van der Waals surface area contributed by atoms with Gasteiger partial charge in [-0.25, -0.2) is 4.39 Å². The Labute approximate surface area is 147 Å². The summed E-state index contributed by atoms with van der Waals surface area (Å²) in [4.78, 5) is 23.9. The van der Waals surface area contributed by atoms with Gasteiger partial charge < -0.3 is 10.6 Å². The number of nitrogens with one attached hydrogen (secondary N) is 2. The van der Waals surface area contributed by atoms with E-state index in [1.807, 2.05) is 24.3 Å². The molecule has 6 heteroatoms. The maximum absolute atomic E-state index is 13.3. The number of anilines is 1. The molecule has 0 atom stereocenters. The predicted molar refractivity (Wildman–Crippen MR) is 93.1 cm³/mol. The molecule has 124 valence electrons. The molecule has 1 saturated carbocycles. The molecule has 0 radical (unpaired) electrons. The summed E-state index contributed by atoms with van der Waals surface area (Å²) in [5, 5.41) is 5.62. The van der Waals surface area contributed by atoms with Gasteiger partial charge in [-0.3, -0.25) is 9.59 Å². The molecule has 0 spiro atoms. The Hall–Kier alpha value is -2.21. The van der Waals surface area contributed by atoms with Crippen molar-refractivity contribution in [3.8, 4) is 0 Å². The van der Waals surface area contributed by atoms with Gasteiger partial charge in [-0.15, -0.1) is 0 Å². The molecule has 0 aliphatic heterocycles. The van der Waals surface area contributed by atoms with Crippen LogP contribution in [0, 0.1) is 11.7 Å². The van der Waals surface area contributed by atoms with Crippen LogP contribution < -0.4 is 10.6 Å². The zero-order valence-electron chi connectivity index (χ0n) is 12.8. The molecule has 24 heavy (non-hydrogen) atoms. The lowest BCUT2D eigenvalue weighted by Crippen LogP contribution is -2.23. The molecule has 0 saturated heterocycles. The van der Waals surface area contributed by atoms with Crippen LogP contribution in [-0.4, -0.2) is 11.8 Å². The quantitative estimate of drug-likeness (QED) is 0.813. The van der Waals surface area contributed by atoms with E-state index < -0.39 is 5.82 Å². The molecule has 0 unspecified atom stereocenters. The monoisotopic (exact) mass is 390 g/mol. The highest BCUT2D eigenvalue weighted by Crippen LogP contribution is 2.30. The Morgan fingerprint density at radius 1 is 1.17 bits per heavy atom. The Balaban J connectivity index is 1.61. The molecule has 1 aliphatic rings. The number of carbonyl (C=O) groups excluding carboxylic acids is 2. The van der Waals surface area contributed by atoms with Crippen molar-refractivity contribution in [2.75, 3.05) is 5.32 Å². The average Bonchev–Trinajstić information content (AvgIpc) is 3.37. The minimum absolute atomic E-state index is 0.0424. The zero-order valence-corrected chi connectivity index (χ0v) is 14.4. The average molecular weight is 391 g/mol. The summed E-state index contributed by atoms with van der Waals surface area (Å²) in [7, 11) is 0. The van der Waals surface area contributed by atoms with E-state index >= 15 is 0 Å². The maximum Gasteiger partial charge on any atom is 0.251 e. The first-order chi connectivity index (χ1) is 11.5. The van der Waals surface area contributed by atoms with Gasteiger partial charge in [0.1, 0.15) is 5.82 Å². The Kier molecular flexibility index (Phi) is 4.94. The molecule has 2 aromatic rings. The molecular formula is C18H16BrFN2O2. The van der Waals surface area contributed by atoms with Crippen molar-refractivity contribution in [1.29, 1.82) is 0 Å². The van der Waals surface area contributed by atoms with E-state index in [1.165, 1.54) is 12.1 Å². The Morgan fingerprint density at radius 2 is 1.96 bits per heavy atom. The standard InChI is InChI=1S/C18H16BrFN2O2/c19-14-7-13(8-15(20)9-14)17(23)21-10-11-2-1-3-16(6-11)22-18(24)12-4-5-12/h1-3,6-9,12H,4-5,10H2,(H,21,23)(H,22,24). The first-order valence-electron chi connectivity index (χ1n) is 7.65. The minimum atomic E-state index is -0.473. The normalized spacial score (nSPS) is 13.4. The highest BCUT2D eigenvalue weighted by atomic mass is 79.9. The van der Waals surface area contributed by atoms with Gasteiger partial charge in [0, 0.05) is 28.2 Å². The highest BCUT2D eigenvalue weighted by molar-refractivity contribution is 9.10. The largest absolute Gasteiger partial charge is 0.348 e. The molecule has 2 N–H and O–H groups in total. The summed E-state index contributed by atoms with van der Waals surface area (Å²) in [6, 6.07) is 11.4. The lowest BCUT2D eigenvalue weighted by molar-refractivity contribution is -0.117. The second-order valence-electron chi connectivity index (χ2n) is 5.80. The Bertz CT molecular complexity index is 770. The third-order valence-electron chi connectivity index (χ3n) is 3.72. The van der Waals surface area contributed by atoms with Crippen molar-refractivity contribution in [1.82, 2.24) is 5.32 Å². The van der Waals surface area contributed by atoms with E-state index in [4.69, 9.17) is 0 Å². The Morgan fingerprint density at radius 3 is 2.67 bits per heavy atom. The van der Waals surface area contributed by atoms with Gasteiger partial charge >= 0.3 is 0 Å². The number of halogens is 2. The molecule has 3 rings (SSSR count). The number of hydrogen-bond donors (Lipinski definition) is 2. The number of amides is 2. The van der Waals surface area contributed by atoms with Crippen LogP contribution in [0.15, 0.2) is 46.9 Å². The van der Waals surface area contributed by atoms with E-state index in [2.05, 4.69) is 26.6 Å². The topological polar surface area (TPSA) is 58.2 Å². The first-order valence-corrected chi connectivity index (χ1v) is 8.44. The van der Waals surface area contributed by atoms with Gasteiger partial charge in [-0.1, -0.05) is 28.1 Å². The zero-order chi connectivity index (χ0) is 17.1. The fourth-order valence-corrected chi connectivity index (χ4v) is 2.78. The van der Waals surface area contributed by atoms with Crippen molar-refractivity contribution in [3.63, 3.8) is 0 Å². The van der Waals surface area contributed by atoms with Crippen molar-refractivity contribution in [2.24, 2.45) is 5.92 Å². The number of carbonyl (C=O) groups is 2. The molecule has 4 nitrogen and oxygen atoms in total. The van der Waals surface area contributed by atoms with Crippen LogP contribution in [0.1, 0.15) is 28.8 Å². The second-order valence-corrected chi connectivity index (χ2v) is 6.72. The van der Waals surface area contributed by atoms with Crippen LogP contribution in [0.25, 0.3) is 0 Å². The van der Waals surface area contributed by atoms with Crippen molar-refractivity contribution < 1.29 is 14.0 Å². The molecule has 0 bridgehead atoms. The smallest absolute Gasteiger partial charge is 0.251 e. The predicted octanol–water partition coefficient (Wildman–Crippen LogP) is 3.87. The van der Waals surface area contributed by atoms with E-state index in [9.17, 15) is 14.0 Å². The van der Waals surface area contributed by atoms with Crippen LogP contribution in [0.3, 0.4) is 0 Å². The van der Waals surface area contributed by atoms with Crippen LogP contribution in [-0.2, 0) is 11.3 Å². The van der Waals surface area contributed by atoms with Gasteiger partial charge in [0.25, 0.3) is 5.91 Å². The molecule has 2 amide bonds. The van der Waals surface area contributed by atoms with Crippen molar-refractivity contribution in [3.05, 3.63) is 63.9 Å². The molecule has 0 heterocycles.